The lowest BCUT2D eigenvalue weighted by Crippen LogP contribution is -1.73. The van der Waals surface area contributed by atoms with Crippen molar-refractivity contribution in [1.29, 1.82) is 0 Å². The normalized spacial score (nSPS) is 8.36. The van der Waals surface area contributed by atoms with Crippen molar-refractivity contribution >= 4 is 21.7 Å². The summed E-state index contributed by atoms with van der Waals surface area (Å²) in [7, 11) is 6.14. The Hall–Kier alpha value is -0.280. The maximum atomic E-state index is 11.9. The zero-order chi connectivity index (χ0) is 8.69. The largest absolute Gasteiger partial charge is 0.207 e. The molecule has 0 aliphatic heterocycles. The molecule has 0 fully saturated rings. The van der Waals surface area contributed by atoms with Gasteiger partial charge < -0.3 is 0 Å². The van der Waals surface area contributed by atoms with E-state index in [9.17, 15) is 8.78 Å². The van der Waals surface area contributed by atoms with E-state index in [1.54, 1.807) is 0 Å². The first-order valence-corrected chi connectivity index (χ1v) is 4.81. The minimum Gasteiger partial charge on any atom is -0.207 e. The van der Waals surface area contributed by atoms with Crippen molar-refractivity contribution in [3.63, 3.8) is 0 Å². The lowest BCUT2D eigenvalue weighted by atomic mass is 10.3. The Morgan fingerprint density at radius 1 is 1.27 bits per heavy atom. The van der Waals surface area contributed by atoms with Crippen LogP contribution in [0.1, 0.15) is 0 Å². The average Bonchev–Trinajstić information content (AvgIpc) is 1.88. The van der Waals surface area contributed by atoms with E-state index in [0.29, 0.717) is 0 Å². The van der Waals surface area contributed by atoms with Crippen LogP contribution in [0.25, 0.3) is 0 Å². The highest BCUT2D eigenvalue weighted by Crippen LogP contribution is 1.99. The Labute approximate surface area is 73.1 Å². The van der Waals surface area contributed by atoms with E-state index >= 15 is 0 Å². The molecular weight excluding hydrogens is 190 g/mol. The highest BCUT2D eigenvalue weighted by atomic mass is 35.7. The lowest BCUT2D eigenvalue weighted by molar-refractivity contribution is 0.583. The van der Waals surface area contributed by atoms with Crippen molar-refractivity contribution < 1.29 is 8.78 Å². The summed E-state index contributed by atoms with van der Waals surface area (Å²) in [5.74, 6) is -1.07. The van der Waals surface area contributed by atoms with Crippen molar-refractivity contribution in [2.75, 3.05) is 6.26 Å². The minimum atomic E-state index is -0.537. The Morgan fingerprint density at radius 3 is 1.82 bits per heavy atom. The van der Waals surface area contributed by atoms with E-state index in [4.69, 9.17) is 10.7 Å². The van der Waals surface area contributed by atoms with E-state index in [2.05, 4.69) is 0 Å². The molecule has 0 spiro atoms. The van der Waals surface area contributed by atoms with Crippen LogP contribution in [0.5, 0.6) is 0 Å². The van der Waals surface area contributed by atoms with E-state index < -0.39 is 11.6 Å². The second kappa shape index (κ2) is 6.43. The van der Waals surface area contributed by atoms with Crippen LogP contribution in [0.3, 0.4) is 0 Å². The summed E-state index contributed by atoms with van der Waals surface area (Å²) in [4.78, 5) is 0. The van der Waals surface area contributed by atoms with Crippen molar-refractivity contribution in [2.24, 2.45) is 0 Å². The van der Waals surface area contributed by atoms with Gasteiger partial charge in [-0.1, -0.05) is 17.0 Å². The monoisotopic (exact) mass is 196 g/mol. The molecule has 11 heavy (non-hydrogen) atoms. The van der Waals surface area contributed by atoms with Crippen LogP contribution in [0, 0.1) is 11.6 Å². The van der Waals surface area contributed by atoms with E-state index in [1.807, 2.05) is 6.26 Å². The number of rotatable bonds is 0. The van der Waals surface area contributed by atoms with Crippen LogP contribution in [0.15, 0.2) is 24.3 Å². The molecule has 0 bridgehead atoms. The summed E-state index contributed by atoms with van der Waals surface area (Å²) >= 11 is 0. The Kier molecular flexibility index (Phi) is 6.27. The topological polar surface area (TPSA) is 0 Å². The molecule has 0 heterocycles. The van der Waals surface area contributed by atoms with Crippen LogP contribution in [0.2, 0.25) is 0 Å². The Bertz CT molecular complexity index is 188. The molecule has 0 saturated carbocycles. The van der Waals surface area contributed by atoms with Gasteiger partial charge in [0.2, 0.25) is 0 Å². The van der Waals surface area contributed by atoms with Gasteiger partial charge in [0.15, 0.2) is 0 Å². The van der Waals surface area contributed by atoms with Gasteiger partial charge >= 0.3 is 0 Å². The number of benzene rings is 1. The Balaban J connectivity index is 0.000000292. The maximum Gasteiger partial charge on any atom is 0.126 e. The average molecular weight is 197 g/mol. The van der Waals surface area contributed by atoms with Crippen molar-refractivity contribution in [3.8, 4) is 0 Å². The van der Waals surface area contributed by atoms with E-state index in [-0.39, 0.29) is 0 Å². The second-order valence-electron chi connectivity index (χ2n) is 1.59. The summed E-state index contributed by atoms with van der Waals surface area (Å²) in [5, 5.41) is 0. The minimum absolute atomic E-state index is 0.537. The molecule has 1 rings (SSSR count). The quantitative estimate of drug-likeness (QED) is 0.612. The molecule has 0 amide bonds. The van der Waals surface area contributed by atoms with Gasteiger partial charge in [-0.3, -0.25) is 0 Å². The first kappa shape index (κ1) is 10.7. The molecule has 0 unspecified atom stereocenters. The summed E-state index contributed by atoms with van der Waals surface area (Å²) in [6.45, 7) is 0. The molecule has 62 valence electrons. The Morgan fingerprint density at radius 2 is 1.64 bits per heavy atom. The van der Waals surface area contributed by atoms with E-state index in [0.717, 1.165) is 6.07 Å². The molecule has 0 N–H and O–H groups in total. The molecular formula is C7H7ClF2S. The molecule has 1 aromatic carbocycles. The SMILES string of the molecule is CSCl.Fc1cccc(F)c1. The second-order valence-corrected chi connectivity index (χ2v) is 2.83. The van der Waals surface area contributed by atoms with Crippen molar-refractivity contribution in [3.05, 3.63) is 35.9 Å². The van der Waals surface area contributed by atoms with Gasteiger partial charge in [0, 0.05) is 6.07 Å². The number of hydrogen-bond acceptors (Lipinski definition) is 1. The van der Waals surface area contributed by atoms with Gasteiger partial charge in [-0.2, -0.15) is 0 Å². The van der Waals surface area contributed by atoms with E-state index in [1.165, 1.54) is 29.2 Å². The van der Waals surface area contributed by atoms with Gasteiger partial charge in [0.25, 0.3) is 0 Å². The molecule has 0 saturated heterocycles. The fourth-order valence-corrected chi connectivity index (χ4v) is 0.460. The predicted octanol–water partition coefficient (Wildman–Crippen LogP) is 3.47. The molecule has 0 atom stereocenters. The molecule has 1 aromatic rings. The van der Waals surface area contributed by atoms with Gasteiger partial charge in [-0.15, -0.1) is 0 Å². The molecule has 0 aliphatic rings. The van der Waals surface area contributed by atoms with Crippen molar-refractivity contribution in [1.82, 2.24) is 0 Å². The van der Waals surface area contributed by atoms with Crippen LogP contribution < -0.4 is 0 Å². The molecule has 0 nitrogen and oxygen atoms in total. The summed E-state index contributed by atoms with van der Waals surface area (Å²) in [6, 6.07) is 4.55. The molecule has 0 aromatic heterocycles. The third-order valence-electron chi connectivity index (χ3n) is 0.787. The summed E-state index contributed by atoms with van der Waals surface area (Å²) < 4.78 is 23.9. The van der Waals surface area contributed by atoms with Crippen molar-refractivity contribution in [2.45, 2.75) is 0 Å². The lowest BCUT2D eigenvalue weighted by Gasteiger charge is -1.84. The first-order valence-electron chi connectivity index (χ1n) is 2.76. The highest BCUT2D eigenvalue weighted by molar-refractivity contribution is 8.20. The van der Waals surface area contributed by atoms with Gasteiger partial charge in [0.1, 0.15) is 11.6 Å². The third-order valence-corrected chi connectivity index (χ3v) is 0.787. The van der Waals surface area contributed by atoms with Crippen LogP contribution in [0.4, 0.5) is 8.78 Å². The fraction of sp³-hybridized carbons (Fsp3) is 0.143. The first-order chi connectivity index (χ1) is 5.20. The fourth-order valence-electron chi connectivity index (χ4n) is 0.460. The number of halogens is 3. The number of hydrogen-bond donors (Lipinski definition) is 0. The zero-order valence-electron chi connectivity index (χ0n) is 5.85. The smallest absolute Gasteiger partial charge is 0.126 e. The zero-order valence-corrected chi connectivity index (χ0v) is 7.42. The summed E-state index contributed by atoms with van der Waals surface area (Å²) in [6.07, 6.45) is 1.81. The van der Waals surface area contributed by atoms with Gasteiger partial charge in [-0.05, 0) is 29.1 Å². The predicted molar refractivity (Wildman–Crippen MR) is 45.7 cm³/mol. The third kappa shape index (κ3) is 6.13. The molecule has 4 heteroatoms. The molecule has 0 radical (unpaired) electrons. The van der Waals surface area contributed by atoms with Gasteiger partial charge in [-0.25, -0.2) is 8.78 Å². The van der Waals surface area contributed by atoms with Crippen LogP contribution in [-0.2, 0) is 0 Å². The standard InChI is InChI=1S/C6H4F2.CH3ClS/c7-5-2-1-3-6(8)4-5;1-3-2/h1-4H;1H3. The maximum absolute atomic E-state index is 11.9. The highest BCUT2D eigenvalue weighted by Gasteiger charge is 1.88. The van der Waals surface area contributed by atoms with Crippen LogP contribution >= 0.6 is 21.7 Å². The molecule has 0 aliphatic carbocycles. The summed E-state index contributed by atoms with van der Waals surface area (Å²) in [5.41, 5.74) is 0. The van der Waals surface area contributed by atoms with Crippen LogP contribution in [-0.4, -0.2) is 6.26 Å². The van der Waals surface area contributed by atoms with Gasteiger partial charge in [0.05, 0.1) is 0 Å².